The summed E-state index contributed by atoms with van der Waals surface area (Å²) < 4.78 is 29.3. The van der Waals surface area contributed by atoms with Crippen LogP contribution in [0.5, 0.6) is 0 Å². The van der Waals surface area contributed by atoms with E-state index in [4.69, 9.17) is 4.74 Å². The van der Waals surface area contributed by atoms with E-state index < -0.39 is 9.84 Å². The minimum absolute atomic E-state index is 0.00729. The maximum Gasteiger partial charge on any atom is 0.175 e. The summed E-state index contributed by atoms with van der Waals surface area (Å²) in [6.45, 7) is 1.64. The molecule has 0 unspecified atom stereocenters. The first-order valence-corrected chi connectivity index (χ1v) is 11.4. The molecule has 0 aliphatic carbocycles. The third kappa shape index (κ3) is 5.67. The molecule has 1 heterocycles. The molecule has 3 rings (SSSR count). The van der Waals surface area contributed by atoms with Crippen molar-refractivity contribution in [3.63, 3.8) is 0 Å². The minimum Gasteiger partial charge on any atom is -0.388 e. The second-order valence-electron chi connectivity index (χ2n) is 7.10. The highest BCUT2D eigenvalue weighted by Gasteiger charge is 2.20. The van der Waals surface area contributed by atoms with Gasteiger partial charge in [-0.1, -0.05) is 42.5 Å². The lowest BCUT2D eigenvalue weighted by atomic mass is 10.0. The molecule has 0 bridgehead atoms. The van der Waals surface area contributed by atoms with Crippen LogP contribution in [0, 0.1) is 0 Å². The van der Waals surface area contributed by atoms with Gasteiger partial charge < -0.3 is 15.4 Å². The van der Waals surface area contributed by atoms with Crippen LogP contribution < -0.4 is 10.6 Å². The van der Waals surface area contributed by atoms with Gasteiger partial charge in [0.2, 0.25) is 0 Å². The Morgan fingerprint density at radius 3 is 2.61 bits per heavy atom. The quantitative estimate of drug-likeness (QED) is 0.747. The minimum atomic E-state index is -3.16. The zero-order valence-corrected chi connectivity index (χ0v) is 17.2. The van der Waals surface area contributed by atoms with Crippen LogP contribution in [-0.2, 0) is 21.0 Å². The summed E-state index contributed by atoms with van der Waals surface area (Å²) in [4.78, 5) is 0.335. The SMILES string of the molecule is CNc1ccccc1CC[C@@H]1CNC[C@@H](/C=C/c2ccc(S(C)(=O)=O)cc2)O1. The van der Waals surface area contributed by atoms with Crippen LogP contribution in [0.25, 0.3) is 6.08 Å². The molecule has 0 amide bonds. The number of anilines is 1. The van der Waals surface area contributed by atoms with Gasteiger partial charge in [0, 0.05) is 32.1 Å². The Kier molecular flexibility index (Phi) is 6.88. The summed E-state index contributed by atoms with van der Waals surface area (Å²) >= 11 is 0. The molecule has 0 radical (unpaired) electrons. The smallest absolute Gasteiger partial charge is 0.175 e. The lowest BCUT2D eigenvalue weighted by molar-refractivity contribution is -0.0158. The van der Waals surface area contributed by atoms with Crippen LogP contribution in [0.3, 0.4) is 0 Å². The van der Waals surface area contributed by atoms with Crippen molar-refractivity contribution in [2.45, 2.75) is 29.9 Å². The van der Waals surface area contributed by atoms with E-state index in [1.54, 1.807) is 12.1 Å². The fourth-order valence-electron chi connectivity index (χ4n) is 3.36. The summed E-state index contributed by atoms with van der Waals surface area (Å²) in [7, 11) is -1.21. The third-order valence-corrected chi connectivity index (χ3v) is 6.05. The molecule has 0 spiro atoms. The topological polar surface area (TPSA) is 67.4 Å². The van der Waals surface area contributed by atoms with Crippen LogP contribution >= 0.6 is 0 Å². The Balaban J connectivity index is 1.55. The molecule has 2 aromatic carbocycles. The molecule has 28 heavy (non-hydrogen) atoms. The molecule has 2 aromatic rings. The van der Waals surface area contributed by atoms with Crippen molar-refractivity contribution in [2.75, 3.05) is 31.7 Å². The Hall–Kier alpha value is -2.15. The fourth-order valence-corrected chi connectivity index (χ4v) is 3.99. The number of morpholine rings is 1. The maximum absolute atomic E-state index is 11.5. The summed E-state index contributed by atoms with van der Waals surface area (Å²) in [6.07, 6.45) is 7.34. The molecule has 1 saturated heterocycles. The van der Waals surface area contributed by atoms with Crippen molar-refractivity contribution < 1.29 is 13.2 Å². The van der Waals surface area contributed by atoms with Crippen LogP contribution in [0.4, 0.5) is 5.69 Å². The normalized spacial score (nSPS) is 20.4. The predicted octanol–water partition coefficient (Wildman–Crippen LogP) is 3.13. The Morgan fingerprint density at radius 1 is 1.14 bits per heavy atom. The standard InChI is InChI=1S/C22H28N2O3S/c1-23-22-6-4-3-5-18(22)10-12-20-16-24-15-19(27-20)11-7-17-8-13-21(14-9-17)28(2,25)26/h3-9,11,13-14,19-20,23-24H,10,12,15-16H2,1-2H3/b11-7+/t19-,20-/m1/s1. The van der Waals surface area contributed by atoms with Crippen molar-refractivity contribution in [1.82, 2.24) is 5.32 Å². The number of aryl methyl sites for hydroxylation is 1. The van der Waals surface area contributed by atoms with Gasteiger partial charge in [-0.25, -0.2) is 8.42 Å². The molecule has 1 aliphatic heterocycles. The van der Waals surface area contributed by atoms with Crippen molar-refractivity contribution in [1.29, 1.82) is 0 Å². The van der Waals surface area contributed by atoms with E-state index in [0.29, 0.717) is 4.90 Å². The van der Waals surface area contributed by atoms with Gasteiger partial charge in [-0.3, -0.25) is 0 Å². The van der Waals surface area contributed by atoms with Crippen LogP contribution in [0.2, 0.25) is 0 Å². The van der Waals surface area contributed by atoms with Gasteiger partial charge in [0.15, 0.2) is 9.84 Å². The monoisotopic (exact) mass is 400 g/mol. The average Bonchev–Trinajstić information content (AvgIpc) is 2.71. The highest BCUT2D eigenvalue weighted by Crippen LogP contribution is 2.19. The first-order valence-electron chi connectivity index (χ1n) is 9.56. The number of nitrogens with one attached hydrogen (secondary N) is 2. The van der Waals surface area contributed by atoms with Gasteiger partial charge in [0.05, 0.1) is 17.1 Å². The Labute approximate surface area is 167 Å². The Morgan fingerprint density at radius 2 is 1.89 bits per heavy atom. The van der Waals surface area contributed by atoms with Gasteiger partial charge in [-0.2, -0.15) is 0 Å². The van der Waals surface area contributed by atoms with Gasteiger partial charge in [-0.15, -0.1) is 0 Å². The second-order valence-corrected chi connectivity index (χ2v) is 9.12. The zero-order chi connectivity index (χ0) is 20.0. The van der Waals surface area contributed by atoms with E-state index >= 15 is 0 Å². The van der Waals surface area contributed by atoms with E-state index in [-0.39, 0.29) is 12.2 Å². The molecule has 6 heteroatoms. The highest BCUT2D eigenvalue weighted by atomic mass is 32.2. The lowest BCUT2D eigenvalue weighted by Crippen LogP contribution is -2.44. The van der Waals surface area contributed by atoms with Crippen molar-refractivity contribution >= 4 is 21.6 Å². The number of para-hydroxylation sites is 1. The summed E-state index contributed by atoms with van der Waals surface area (Å²) in [5, 5.41) is 6.68. The second kappa shape index (κ2) is 9.37. The first kappa shape index (κ1) is 20.6. The van der Waals surface area contributed by atoms with Gasteiger partial charge in [0.1, 0.15) is 0 Å². The molecule has 2 atom stereocenters. The summed E-state index contributed by atoms with van der Waals surface area (Å²) in [5.41, 5.74) is 3.43. The molecule has 1 aliphatic rings. The number of ether oxygens (including phenoxy) is 1. The van der Waals surface area contributed by atoms with Crippen molar-refractivity contribution in [3.05, 3.63) is 65.7 Å². The molecule has 0 aromatic heterocycles. The van der Waals surface area contributed by atoms with E-state index in [2.05, 4.69) is 28.8 Å². The molecule has 150 valence electrons. The van der Waals surface area contributed by atoms with Crippen LogP contribution in [-0.4, -0.2) is 47.0 Å². The lowest BCUT2D eigenvalue weighted by Gasteiger charge is -2.29. The highest BCUT2D eigenvalue weighted by molar-refractivity contribution is 7.90. The number of benzene rings is 2. The van der Waals surface area contributed by atoms with E-state index in [1.807, 2.05) is 37.4 Å². The van der Waals surface area contributed by atoms with E-state index in [1.165, 1.54) is 17.5 Å². The molecule has 2 N–H and O–H groups in total. The zero-order valence-electron chi connectivity index (χ0n) is 16.4. The number of rotatable bonds is 7. The van der Waals surface area contributed by atoms with Crippen LogP contribution in [0.15, 0.2) is 59.5 Å². The molecular weight excluding hydrogens is 372 g/mol. The van der Waals surface area contributed by atoms with E-state index in [0.717, 1.165) is 31.5 Å². The third-order valence-electron chi connectivity index (χ3n) is 4.92. The van der Waals surface area contributed by atoms with Gasteiger partial charge >= 0.3 is 0 Å². The van der Waals surface area contributed by atoms with Gasteiger partial charge in [0.25, 0.3) is 0 Å². The largest absolute Gasteiger partial charge is 0.388 e. The van der Waals surface area contributed by atoms with Gasteiger partial charge in [-0.05, 0) is 42.2 Å². The number of hydrogen-bond donors (Lipinski definition) is 2. The molecular formula is C22H28N2O3S. The molecule has 0 saturated carbocycles. The number of sulfone groups is 1. The van der Waals surface area contributed by atoms with E-state index in [9.17, 15) is 8.42 Å². The number of hydrogen-bond acceptors (Lipinski definition) is 5. The summed E-state index contributed by atoms with van der Waals surface area (Å²) in [6, 6.07) is 15.3. The van der Waals surface area contributed by atoms with Crippen LogP contribution in [0.1, 0.15) is 17.5 Å². The first-order chi connectivity index (χ1) is 13.5. The summed E-state index contributed by atoms with van der Waals surface area (Å²) in [5.74, 6) is 0. The predicted molar refractivity (Wildman–Crippen MR) is 114 cm³/mol. The van der Waals surface area contributed by atoms with Crippen molar-refractivity contribution in [2.24, 2.45) is 0 Å². The molecule has 1 fully saturated rings. The average molecular weight is 401 g/mol. The van der Waals surface area contributed by atoms with Crippen molar-refractivity contribution in [3.8, 4) is 0 Å². The molecule has 5 nitrogen and oxygen atoms in total. The fraction of sp³-hybridized carbons (Fsp3) is 0.364. The Bertz CT molecular complexity index is 908. The maximum atomic E-state index is 11.5.